The molecule has 1 radical (unpaired) electrons. The number of hydrogen-bond donors (Lipinski definition) is 1. The third kappa shape index (κ3) is 1.68. The Morgan fingerprint density at radius 2 is 2.17 bits per heavy atom. The maximum absolute atomic E-state index is 8.83. The summed E-state index contributed by atoms with van der Waals surface area (Å²) in [5, 5.41) is 8.83. The van der Waals surface area contributed by atoms with Crippen LogP contribution in [0.1, 0.15) is 5.56 Å². The van der Waals surface area contributed by atoms with Gasteiger partial charge in [0.15, 0.2) is 0 Å². The summed E-state index contributed by atoms with van der Waals surface area (Å²) in [6, 6.07) is 7.78. The number of hydrogen-bond acceptors (Lipinski definition) is 2. The maximum Gasteiger partial charge on any atom is 0.440 e. The first kappa shape index (κ1) is 8.88. The van der Waals surface area contributed by atoms with Crippen LogP contribution in [-0.4, -0.2) is 12.6 Å². The Balaban J connectivity index is 3.00. The number of rotatable bonds is 3. The van der Waals surface area contributed by atoms with Crippen LogP contribution in [0.25, 0.3) is 0 Å². The lowest BCUT2D eigenvalue weighted by atomic mass is 10.1. The van der Waals surface area contributed by atoms with Gasteiger partial charge in [0.1, 0.15) is 0 Å². The maximum atomic E-state index is 8.83. The molecule has 0 spiro atoms. The fourth-order valence-electron chi connectivity index (χ4n) is 1.06. The second-order valence-electron chi connectivity index (χ2n) is 2.49. The highest BCUT2D eigenvalue weighted by atomic mass is 16.2. The normalized spacial score (nSPS) is 9.17. The standard InChI is InChI=1S/C9H11BNO/c1-3-11(10-12)9-7-5-4-6-8(9)2/h3-7,12H,1H2,2H3. The van der Waals surface area contributed by atoms with Crippen LogP contribution in [0.3, 0.4) is 0 Å². The Kier molecular flexibility index (Phi) is 2.94. The minimum absolute atomic E-state index is 0.940. The van der Waals surface area contributed by atoms with E-state index in [-0.39, 0.29) is 0 Å². The second kappa shape index (κ2) is 3.97. The van der Waals surface area contributed by atoms with Gasteiger partial charge in [-0.3, -0.25) is 0 Å². The summed E-state index contributed by atoms with van der Waals surface area (Å²) in [6.45, 7) is 5.57. The summed E-state index contributed by atoms with van der Waals surface area (Å²) in [5.74, 6) is 0. The van der Waals surface area contributed by atoms with Gasteiger partial charge in [-0.25, -0.2) is 0 Å². The van der Waals surface area contributed by atoms with Crippen molar-refractivity contribution < 1.29 is 5.02 Å². The predicted octanol–water partition coefficient (Wildman–Crippen LogP) is 1.47. The molecule has 2 nitrogen and oxygen atoms in total. The van der Waals surface area contributed by atoms with Gasteiger partial charge < -0.3 is 9.83 Å². The van der Waals surface area contributed by atoms with E-state index in [1.807, 2.05) is 31.2 Å². The van der Waals surface area contributed by atoms with Gasteiger partial charge in [-0.15, -0.1) is 0 Å². The van der Waals surface area contributed by atoms with Crippen molar-refractivity contribution in [3.05, 3.63) is 42.6 Å². The van der Waals surface area contributed by atoms with Crippen LogP contribution in [0.5, 0.6) is 0 Å². The summed E-state index contributed by atoms with van der Waals surface area (Å²) in [5.41, 5.74) is 2.04. The van der Waals surface area contributed by atoms with Crippen molar-refractivity contribution in [2.75, 3.05) is 4.81 Å². The van der Waals surface area contributed by atoms with E-state index >= 15 is 0 Å². The van der Waals surface area contributed by atoms with Gasteiger partial charge in [-0.2, -0.15) is 0 Å². The minimum Gasteiger partial charge on any atom is -0.435 e. The molecule has 0 fully saturated rings. The van der Waals surface area contributed by atoms with Crippen LogP contribution in [0.15, 0.2) is 37.0 Å². The smallest absolute Gasteiger partial charge is 0.435 e. The molecule has 12 heavy (non-hydrogen) atoms. The summed E-state index contributed by atoms with van der Waals surface area (Å²) >= 11 is 0. The number of nitrogens with zero attached hydrogens (tertiary/aromatic N) is 1. The van der Waals surface area contributed by atoms with Crippen LogP contribution in [0.2, 0.25) is 0 Å². The lowest BCUT2D eigenvalue weighted by Gasteiger charge is -2.17. The van der Waals surface area contributed by atoms with Gasteiger partial charge in [-0.1, -0.05) is 24.8 Å². The van der Waals surface area contributed by atoms with Crippen LogP contribution < -0.4 is 4.81 Å². The molecule has 0 unspecified atom stereocenters. The van der Waals surface area contributed by atoms with E-state index in [4.69, 9.17) is 5.02 Å². The molecule has 0 aliphatic heterocycles. The topological polar surface area (TPSA) is 23.5 Å². The lowest BCUT2D eigenvalue weighted by Crippen LogP contribution is -2.20. The molecule has 0 atom stereocenters. The highest BCUT2D eigenvalue weighted by Crippen LogP contribution is 2.17. The summed E-state index contributed by atoms with van der Waals surface area (Å²) in [6.07, 6.45) is 1.56. The zero-order chi connectivity index (χ0) is 8.97. The molecule has 1 aromatic rings. The number of benzene rings is 1. The fraction of sp³-hybridized carbons (Fsp3) is 0.111. The van der Waals surface area contributed by atoms with Gasteiger partial charge in [0.25, 0.3) is 0 Å². The second-order valence-corrected chi connectivity index (χ2v) is 2.49. The van der Waals surface area contributed by atoms with E-state index in [2.05, 4.69) is 6.58 Å². The van der Waals surface area contributed by atoms with E-state index < -0.39 is 0 Å². The Morgan fingerprint density at radius 1 is 1.50 bits per heavy atom. The molecule has 0 saturated heterocycles. The van der Waals surface area contributed by atoms with Crippen LogP contribution >= 0.6 is 0 Å². The molecule has 1 aromatic carbocycles. The summed E-state index contributed by atoms with van der Waals surface area (Å²) in [7, 11) is 0.995. The largest absolute Gasteiger partial charge is 0.440 e. The van der Waals surface area contributed by atoms with Gasteiger partial charge in [0.2, 0.25) is 0 Å². The van der Waals surface area contributed by atoms with E-state index in [1.165, 1.54) is 0 Å². The van der Waals surface area contributed by atoms with Crippen molar-refractivity contribution in [3.8, 4) is 0 Å². The van der Waals surface area contributed by atoms with Gasteiger partial charge in [0, 0.05) is 5.69 Å². The van der Waals surface area contributed by atoms with Crippen molar-refractivity contribution in [3.63, 3.8) is 0 Å². The summed E-state index contributed by atoms with van der Waals surface area (Å²) < 4.78 is 0. The SMILES string of the molecule is C=CN([B]O)c1ccccc1C. The molecule has 0 aliphatic carbocycles. The lowest BCUT2D eigenvalue weighted by molar-refractivity contribution is 0.601. The number of aryl methyl sites for hydroxylation is 1. The monoisotopic (exact) mass is 160 g/mol. The predicted molar refractivity (Wildman–Crippen MR) is 51.8 cm³/mol. The summed E-state index contributed by atoms with van der Waals surface area (Å²) in [4.78, 5) is 1.56. The van der Waals surface area contributed by atoms with Crippen LogP contribution in [0.4, 0.5) is 5.69 Å². The molecule has 0 amide bonds. The highest BCUT2D eigenvalue weighted by Gasteiger charge is 2.04. The first-order valence-electron chi connectivity index (χ1n) is 3.73. The Morgan fingerprint density at radius 3 is 2.67 bits per heavy atom. The quantitative estimate of drug-likeness (QED) is 0.676. The first-order chi connectivity index (χ1) is 5.79. The molecule has 61 valence electrons. The fourth-order valence-corrected chi connectivity index (χ4v) is 1.06. The first-order valence-corrected chi connectivity index (χ1v) is 3.73. The van der Waals surface area contributed by atoms with E-state index in [1.54, 1.807) is 11.0 Å². The molecule has 3 heteroatoms. The Labute approximate surface area is 73.4 Å². The Bertz CT molecular complexity index is 275. The van der Waals surface area contributed by atoms with Crippen molar-refractivity contribution in [2.24, 2.45) is 0 Å². The molecular formula is C9H11BNO. The van der Waals surface area contributed by atoms with Crippen molar-refractivity contribution >= 4 is 13.3 Å². The highest BCUT2D eigenvalue weighted by molar-refractivity contribution is 6.33. The molecule has 1 rings (SSSR count). The molecule has 0 aromatic heterocycles. The van der Waals surface area contributed by atoms with Crippen LogP contribution in [0, 0.1) is 6.92 Å². The van der Waals surface area contributed by atoms with Crippen LogP contribution in [-0.2, 0) is 0 Å². The minimum atomic E-state index is 0.940. The van der Waals surface area contributed by atoms with Gasteiger partial charge >= 0.3 is 7.62 Å². The van der Waals surface area contributed by atoms with Gasteiger partial charge in [0.05, 0.1) is 0 Å². The number of anilines is 1. The molecular weight excluding hydrogens is 149 g/mol. The third-order valence-corrected chi connectivity index (χ3v) is 1.71. The average Bonchev–Trinajstić information content (AvgIpc) is 2.10. The molecule has 1 N–H and O–H groups in total. The van der Waals surface area contributed by atoms with Crippen molar-refractivity contribution in [1.82, 2.24) is 0 Å². The molecule has 0 aliphatic rings. The van der Waals surface area contributed by atoms with E-state index in [9.17, 15) is 0 Å². The Hall–Kier alpha value is -1.22. The molecule has 0 saturated carbocycles. The third-order valence-electron chi connectivity index (χ3n) is 1.71. The van der Waals surface area contributed by atoms with E-state index in [0.29, 0.717) is 0 Å². The van der Waals surface area contributed by atoms with Gasteiger partial charge in [-0.05, 0) is 24.8 Å². The van der Waals surface area contributed by atoms with E-state index in [0.717, 1.165) is 18.9 Å². The zero-order valence-electron chi connectivity index (χ0n) is 7.07. The van der Waals surface area contributed by atoms with Crippen molar-refractivity contribution in [1.29, 1.82) is 0 Å². The zero-order valence-corrected chi connectivity index (χ0v) is 7.07. The molecule has 0 bridgehead atoms. The van der Waals surface area contributed by atoms with Crippen molar-refractivity contribution in [2.45, 2.75) is 6.92 Å². The molecule has 0 heterocycles. The number of para-hydroxylation sites is 1. The average molecular weight is 160 g/mol.